The van der Waals surface area contributed by atoms with Gasteiger partial charge in [-0.15, -0.1) is 12.1 Å². The van der Waals surface area contributed by atoms with E-state index in [1.807, 2.05) is 12.1 Å². The second-order valence-corrected chi connectivity index (χ2v) is 17.5. The molecule has 0 fully saturated rings. The lowest BCUT2D eigenvalue weighted by molar-refractivity contribution is 0.165. The summed E-state index contributed by atoms with van der Waals surface area (Å²) >= 11 is 0. The van der Waals surface area contributed by atoms with Crippen LogP contribution in [0.15, 0.2) is 43.0 Å². The highest BCUT2D eigenvalue weighted by atomic mass is 28.3. The van der Waals surface area contributed by atoms with Crippen LogP contribution in [0.1, 0.15) is 12.0 Å². The highest BCUT2D eigenvalue weighted by Gasteiger charge is 2.43. The molecule has 0 aromatic heterocycles. The third kappa shape index (κ3) is 5.60. The van der Waals surface area contributed by atoms with Crippen LogP contribution in [0.2, 0.25) is 38.8 Å². The maximum absolute atomic E-state index is 11.4. The second-order valence-electron chi connectivity index (χ2n) is 7.72. The molecule has 0 bridgehead atoms. The Kier molecular flexibility index (Phi) is 6.42. The molecule has 120 valence electrons. The number of aliphatic hydroxyl groups is 1. The van der Waals surface area contributed by atoms with Gasteiger partial charge in [-0.25, -0.2) is 0 Å². The lowest BCUT2D eigenvalue weighted by Gasteiger charge is -2.37. The fraction of sp³-hybridized carbons (Fsp3) is 0.474. The first-order valence-corrected chi connectivity index (χ1v) is 14.7. The lowest BCUT2D eigenvalue weighted by atomic mass is 10.1. The molecule has 0 spiro atoms. The molecule has 1 unspecified atom stereocenters. The van der Waals surface area contributed by atoms with Crippen molar-refractivity contribution in [3.63, 3.8) is 0 Å². The standard InChI is InChI=1S/C19H30OSi2/c1-7-16-22(5,6)19(20,15-17-21(2,3)4)14-13-18-11-9-8-10-12-18/h7-12,20H,1,13-14,16H2,2-6H3. The summed E-state index contributed by atoms with van der Waals surface area (Å²) in [5.74, 6) is 3.31. The summed E-state index contributed by atoms with van der Waals surface area (Å²) in [5.41, 5.74) is 4.67. The summed E-state index contributed by atoms with van der Waals surface area (Å²) in [4.78, 5) is 0. The Bertz CT molecular complexity index is 546. The zero-order valence-corrected chi connectivity index (χ0v) is 16.7. The van der Waals surface area contributed by atoms with E-state index in [1.165, 1.54) is 5.56 Å². The molecule has 0 aliphatic heterocycles. The highest BCUT2D eigenvalue weighted by molar-refractivity contribution is 6.84. The van der Waals surface area contributed by atoms with Crippen LogP contribution in [0.5, 0.6) is 0 Å². The average Bonchev–Trinajstić information content (AvgIpc) is 2.43. The number of rotatable bonds is 6. The summed E-state index contributed by atoms with van der Waals surface area (Å²) in [7, 11) is -3.43. The van der Waals surface area contributed by atoms with E-state index in [9.17, 15) is 5.11 Å². The topological polar surface area (TPSA) is 20.2 Å². The molecule has 0 aliphatic carbocycles. The van der Waals surface area contributed by atoms with Crippen LogP contribution in [-0.2, 0) is 6.42 Å². The number of hydrogen-bond donors (Lipinski definition) is 1. The van der Waals surface area contributed by atoms with Crippen molar-refractivity contribution in [1.29, 1.82) is 0 Å². The Labute approximate surface area is 138 Å². The molecule has 0 heterocycles. The summed E-state index contributed by atoms with van der Waals surface area (Å²) in [6, 6.07) is 11.3. The Balaban J connectivity index is 3.05. The monoisotopic (exact) mass is 330 g/mol. The van der Waals surface area contributed by atoms with Gasteiger partial charge in [-0.2, -0.15) is 0 Å². The van der Waals surface area contributed by atoms with Crippen LogP contribution in [-0.4, -0.2) is 26.5 Å². The molecule has 22 heavy (non-hydrogen) atoms. The average molecular weight is 331 g/mol. The first-order valence-electron chi connectivity index (χ1n) is 8.01. The molecular weight excluding hydrogens is 300 g/mol. The van der Waals surface area contributed by atoms with Gasteiger partial charge >= 0.3 is 0 Å². The summed E-state index contributed by atoms with van der Waals surface area (Å²) < 4.78 is 0. The third-order valence-corrected chi connectivity index (χ3v) is 8.84. The van der Waals surface area contributed by atoms with E-state index >= 15 is 0 Å². The van der Waals surface area contributed by atoms with Crippen molar-refractivity contribution in [2.75, 3.05) is 0 Å². The molecule has 1 aromatic rings. The predicted octanol–water partition coefficient (Wildman–Crippen LogP) is 4.66. The van der Waals surface area contributed by atoms with E-state index in [0.29, 0.717) is 6.42 Å². The normalized spacial score (nSPS) is 14.6. The second kappa shape index (κ2) is 7.45. The van der Waals surface area contributed by atoms with Crippen LogP contribution in [0.25, 0.3) is 0 Å². The van der Waals surface area contributed by atoms with E-state index in [4.69, 9.17) is 0 Å². The van der Waals surface area contributed by atoms with Crippen molar-refractivity contribution in [3.05, 3.63) is 48.6 Å². The Morgan fingerprint density at radius 1 is 1.14 bits per heavy atom. The molecule has 1 nitrogen and oxygen atoms in total. The first-order chi connectivity index (χ1) is 10.1. The zero-order valence-electron chi connectivity index (χ0n) is 14.7. The lowest BCUT2D eigenvalue weighted by Crippen LogP contribution is -2.53. The van der Waals surface area contributed by atoms with Crippen molar-refractivity contribution < 1.29 is 5.11 Å². The molecule has 3 heteroatoms. The number of allylic oxidation sites excluding steroid dienone is 1. The molecule has 0 radical (unpaired) electrons. The van der Waals surface area contributed by atoms with Gasteiger partial charge in [0.05, 0.1) is 0 Å². The van der Waals surface area contributed by atoms with E-state index in [-0.39, 0.29) is 0 Å². The minimum absolute atomic E-state index is 0.710. The number of hydrogen-bond acceptors (Lipinski definition) is 1. The van der Waals surface area contributed by atoms with Gasteiger partial charge in [0, 0.05) is 0 Å². The van der Waals surface area contributed by atoms with E-state index in [2.05, 4.69) is 75.0 Å². The van der Waals surface area contributed by atoms with E-state index in [1.54, 1.807) is 0 Å². The molecule has 1 N–H and O–H groups in total. The van der Waals surface area contributed by atoms with Crippen LogP contribution < -0.4 is 0 Å². The van der Waals surface area contributed by atoms with Crippen molar-refractivity contribution >= 4 is 16.1 Å². The predicted molar refractivity (Wildman–Crippen MR) is 103 cm³/mol. The quantitative estimate of drug-likeness (QED) is 0.457. The van der Waals surface area contributed by atoms with Crippen LogP contribution in [0.3, 0.4) is 0 Å². The fourth-order valence-corrected chi connectivity index (χ4v) is 5.33. The third-order valence-electron chi connectivity index (χ3n) is 4.04. The van der Waals surface area contributed by atoms with Crippen LogP contribution in [0.4, 0.5) is 0 Å². The number of aryl methyl sites for hydroxylation is 1. The summed E-state index contributed by atoms with van der Waals surface area (Å²) in [6.07, 6.45) is 3.52. The van der Waals surface area contributed by atoms with Gasteiger partial charge in [-0.1, -0.05) is 75.1 Å². The SMILES string of the molecule is C=CC[Si](C)(C)C(O)(C#C[Si](C)(C)C)CCc1ccccc1. The zero-order chi connectivity index (χ0) is 16.9. The molecule has 0 saturated carbocycles. The van der Waals surface area contributed by atoms with Gasteiger partial charge in [0.25, 0.3) is 0 Å². The maximum atomic E-state index is 11.4. The van der Waals surface area contributed by atoms with Crippen LogP contribution >= 0.6 is 0 Å². The summed E-state index contributed by atoms with van der Waals surface area (Å²) in [5, 5.41) is 10.5. The largest absolute Gasteiger partial charge is 0.381 e. The van der Waals surface area contributed by atoms with Crippen molar-refractivity contribution in [2.45, 2.75) is 56.8 Å². The van der Waals surface area contributed by atoms with Crippen molar-refractivity contribution in [3.8, 4) is 11.5 Å². The van der Waals surface area contributed by atoms with Crippen molar-refractivity contribution in [2.24, 2.45) is 0 Å². The molecule has 1 atom stereocenters. The minimum atomic E-state index is -1.92. The molecule has 0 amide bonds. The highest BCUT2D eigenvalue weighted by Crippen LogP contribution is 2.29. The fourth-order valence-electron chi connectivity index (χ4n) is 2.36. The maximum Gasteiger partial charge on any atom is 0.129 e. The molecule has 0 aliphatic rings. The Morgan fingerprint density at radius 3 is 2.23 bits per heavy atom. The van der Waals surface area contributed by atoms with Gasteiger partial charge in [0.1, 0.15) is 21.4 Å². The number of benzene rings is 1. The smallest absolute Gasteiger partial charge is 0.129 e. The summed E-state index contributed by atoms with van der Waals surface area (Å²) in [6.45, 7) is 15.0. The van der Waals surface area contributed by atoms with Gasteiger partial charge in [0.15, 0.2) is 0 Å². The minimum Gasteiger partial charge on any atom is -0.381 e. The molecular formula is C19H30OSi2. The molecule has 1 rings (SSSR count). The van der Waals surface area contributed by atoms with Gasteiger partial charge in [0.2, 0.25) is 0 Å². The van der Waals surface area contributed by atoms with E-state index < -0.39 is 21.4 Å². The van der Waals surface area contributed by atoms with Gasteiger partial charge in [-0.05, 0) is 24.4 Å². The van der Waals surface area contributed by atoms with Crippen molar-refractivity contribution in [1.82, 2.24) is 0 Å². The van der Waals surface area contributed by atoms with Gasteiger partial charge < -0.3 is 5.11 Å². The van der Waals surface area contributed by atoms with Gasteiger partial charge in [-0.3, -0.25) is 0 Å². The van der Waals surface area contributed by atoms with E-state index in [0.717, 1.165) is 12.5 Å². The Hall–Kier alpha value is -1.09. The van der Waals surface area contributed by atoms with Crippen LogP contribution in [0, 0.1) is 11.5 Å². The first kappa shape index (κ1) is 19.0. The Morgan fingerprint density at radius 2 is 1.73 bits per heavy atom. The molecule has 1 aromatic carbocycles. The molecule has 0 saturated heterocycles.